The van der Waals surface area contributed by atoms with E-state index in [0.29, 0.717) is 57.1 Å². The minimum Gasteiger partial charge on any atom is -0.441 e. The SMILES string of the molecule is Cc1oc(-c2ccc(Cl)cc2)nc1CSc1nc(N)c(C#N)c(-c2ccc(CC[C@H](O)CO)cc2)c1C#N. The topological polar surface area (TPSA) is 153 Å². The summed E-state index contributed by atoms with van der Waals surface area (Å²) >= 11 is 7.27. The van der Waals surface area contributed by atoms with Crippen molar-refractivity contribution in [1.82, 2.24) is 9.97 Å². The summed E-state index contributed by atoms with van der Waals surface area (Å²) in [4.78, 5) is 8.97. The number of halogens is 1. The van der Waals surface area contributed by atoms with E-state index in [1.807, 2.05) is 43.3 Å². The molecule has 2 aromatic carbocycles. The van der Waals surface area contributed by atoms with E-state index >= 15 is 0 Å². The first-order valence-corrected chi connectivity index (χ1v) is 13.1. The number of nitrogens with zero attached hydrogens (tertiary/aromatic N) is 4. The third-order valence-electron chi connectivity index (χ3n) is 5.96. The highest BCUT2D eigenvalue weighted by Gasteiger charge is 2.22. The zero-order chi connectivity index (χ0) is 27.2. The zero-order valence-electron chi connectivity index (χ0n) is 20.5. The second-order valence-electron chi connectivity index (χ2n) is 8.54. The Morgan fingerprint density at radius 3 is 2.32 bits per heavy atom. The standard InChI is InChI=1S/C28H24ClN5O3S/c1-16-24(33-27(37-16)19-7-9-20(29)10-8-19)15-38-28-23(13-31)25(22(12-30)26(32)34-28)18-5-2-17(3-6-18)4-11-21(36)14-35/h2-3,5-10,21,35-36H,4,11,14-15H2,1H3,(H2,32,34)/t21-/m0/s1. The van der Waals surface area contributed by atoms with Crippen molar-refractivity contribution in [2.45, 2.75) is 36.6 Å². The van der Waals surface area contributed by atoms with Crippen LogP contribution in [0.2, 0.25) is 5.02 Å². The van der Waals surface area contributed by atoms with Gasteiger partial charge in [-0.05, 0) is 55.2 Å². The van der Waals surface area contributed by atoms with Crippen LogP contribution >= 0.6 is 23.4 Å². The second kappa shape index (κ2) is 12.1. The Hall–Kier alpha value is -3.86. The predicted octanol–water partition coefficient (Wildman–Crippen LogP) is 5.27. The summed E-state index contributed by atoms with van der Waals surface area (Å²) in [6.45, 7) is 1.53. The van der Waals surface area contributed by atoms with Gasteiger partial charge in [-0.2, -0.15) is 10.5 Å². The number of thioether (sulfide) groups is 1. The third-order valence-corrected chi connectivity index (χ3v) is 7.20. The molecule has 0 unspecified atom stereocenters. The highest BCUT2D eigenvalue weighted by Crippen LogP contribution is 2.37. The first-order chi connectivity index (χ1) is 18.3. The van der Waals surface area contributed by atoms with Gasteiger partial charge in [0.15, 0.2) is 0 Å². The molecule has 0 aliphatic carbocycles. The van der Waals surface area contributed by atoms with Gasteiger partial charge in [-0.15, -0.1) is 0 Å². The fourth-order valence-corrected chi connectivity index (χ4v) is 4.99. The number of nitrogen functional groups attached to an aromatic ring is 1. The molecule has 0 saturated heterocycles. The minimum absolute atomic E-state index is 0.0397. The first-order valence-electron chi connectivity index (χ1n) is 11.7. The lowest BCUT2D eigenvalue weighted by molar-refractivity contribution is 0.0886. The molecule has 4 rings (SSSR count). The minimum atomic E-state index is -0.778. The fraction of sp³-hybridized carbons (Fsp3) is 0.214. The molecule has 10 heteroatoms. The number of aromatic nitrogens is 2. The third kappa shape index (κ3) is 5.99. The van der Waals surface area contributed by atoms with E-state index in [2.05, 4.69) is 22.1 Å². The summed E-state index contributed by atoms with van der Waals surface area (Å²) < 4.78 is 5.84. The average Bonchev–Trinajstić information content (AvgIpc) is 3.30. The zero-order valence-corrected chi connectivity index (χ0v) is 22.1. The van der Waals surface area contributed by atoms with Crippen LogP contribution in [-0.2, 0) is 12.2 Å². The number of aliphatic hydroxyl groups is 2. The summed E-state index contributed by atoms with van der Waals surface area (Å²) in [5.74, 6) is 1.53. The van der Waals surface area contributed by atoms with Crippen molar-refractivity contribution in [3.05, 3.63) is 81.7 Å². The number of nitriles is 2. The van der Waals surface area contributed by atoms with E-state index in [1.165, 1.54) is 11.8 Å². The Labute approximate surface area is 229 Å². The van der Waals surface area contributed by atoms with Gasteiger partial charge in [-0.25, -0.2) is 9.97 Å². The summed E-state index contributed by atoms with van der Waals surface area (Å²) in [6, 6.07) is 18.8. The van der Waals surface area contributed by atoms with Crippen molar-refractivity contribution in [3.8, 4) is 34.7 Å². The van der Waals surface area contributed by atoms with Gasteiger partial charge < -0.3 is 20.4 Å². The molecular formula is C28H24ClN5O3S. The highest BCUT2D eigenvalue weighted by molar-refractivity contribution is 7.98. The predicted molar refractivity (Wildman–Crippen MR) is 146 cm³/mol. The van der Waals surface area contributed by atoms with E-state index in [1.54, 1.807) is 12.1 Å². The van der Waals surface area contributed by atoms with Gasteiger partial charge in [-0.3, -0.25) is 0 Å². The van der Waals surface area contributed by atoms with Crippen molar-refractivity contribution in [2.75, 3.05) is 12.3 Å². The van der Waals surface area contributed by atoms with Gasteiger partial charge in [-0.1, -0.05) is 47.6 Å². The first kappa shape index (κ1) is 27.2. The van der Waals surface area contributed by atoms with Crippen molar-refractivity contribution < 1.29 is 14.6 Å². The molecule has 0 saturated carbocycles. The summed E-state index contributed by atoms with van der Waals surface area (Å²) in [6.07, 6.45) is 0.222. The lowest BCUT2D eigenvalue weighted by Gasteiger charge is -2.13. The molecule has 0 fully saturated rings. The molecule has 1 atom stereocenters. The molecule has 38 heavy (non-hydrogen) atoms. The Bertz CT molecular complexity index is 1520. The van der Waals surface area contributed by atoms with Gasteiger partial charge >= 0.3 is 0 Å². The number of benzene rings is 2. The number of oxazole rings is 1. The number of hydrogen-bond acceptors (Lipinski definition) is 9. The van der Waals surface area contributed by atoms with Crippen molar-refractivity contribution in [2.24, 2.45) is 0 Å². The lowest BCUT2D eigenvalue weighted by Crippen LogP contribution is -2.12. The molecule has 2 heterocycles. The number of anilines is 1. The molecule has 0 spiro atoms. The molecule has 8 nitrogen and oxygen atoms in total. The van der Waals surface area contributed by atoms with Crippen molar-refractivity contribution in [3.63, 3.8) is 0 Å². The second-order valence-corrected chi connectivity index (χ2v) is 9.94. The van der Waals surface area contributed by atoms with Crippen LogP contribution in [0.3, 0.4) is 0 Å². The molecule has 0 radical (unpaired) electrons. The van der Waals surface area contributed by atoms with Crippen LogP contribution in [0.25, 0.3) is 22.6 Å². The monoisotopic (exact) mass is 545 g/mol. The van der Waals surface area contributed by atoms with Gasteiger partial charge in [0.05, 0.1) is 24.0 Å². The maximum atomic E-state index is 10.1. The average molecular weight is 546 g/mol. The number of aliphatic hydroxyl groups excluding tert-OH is 2. The van der Waals surface area contributed by atoms with Crippen LogP contribution in [0.5, 0.6) is 0 Å². The largest absolute Gasteiger partial charge is 0.441 e. The molecule has 0 aliphatic rings. The maximum Gasteiger partial charge on any atom is 0.226 e. The molecule has 4 N–H and O–H groups in total. The maximum absolute atomic E-state index is 10.1. The summed E-state index contributed by atoms with van der Waals surface area (Å²) in [5.41, 5.74) is 10.1. The normalized spacial score (nSPS) is 11.6. The van der Waals surface area contributed by atoms with Crippen LogP contribution in [0.1, 0.15) is 34.6 Å². The van der Waals surface area contributed by atoms with Crippen molar-refractivity contribution >= 4 is 29.2 Å². The molecular weight excluding hydrogens is 522 g/mol. The molecule has 0 bridgehead atoms. The fourth-order valence-electron chi connectivity index (χ4n) is 3.87. The lowest BCUT2D eigenvalue weighted by atomic mass is 9.95. The number of pyridine rings is 1. The Morgan fingerprint density at radius 2 is 1.68 bits per heavy atom. The van der Waals surface area contributed by atoms with E-state index in [4.69, 9.17) is 26.9 Å². The number of nitrogens with two attached hydrogens (primary N) is 1. The molecule has 192 valence electrons. The Balaban J connectivity index is 1.63. The Kier molecular flexibility index (Phi) is 8.67. The van der Waals surface area contributed by atoms with Crippen LogP contribution in [0.15, 0.2) is 58.0 Å². The van der Waals surface area contributed by atoms with E-state index in [0.717, 1.165) is 11.1 Å². The van der Waals surface area contributed by atoms with Gasteiger partial charge in [0.25, 0.3) is 0 Å². The molecule has 0 amide bonds. The highest BCUT2D eigenvalue weighted by atomic mass is 35.5. The van der Waals surface area contributed by atoms with Crippen LogP contribution < -0.4 is 5.73 Å². The number of hydrogen-bond donors (Lipinski definition) is 3. The number of aryl methyl sites for hydroxylation is 2. The van der Waals surface area contributed by atoms with Crippen LogP contribution in [-0.4, -0.2) is 32.9 Å². The number of rotatable bonds is 9. The van der Waals surface area contributed by atoms with Crippen LogP contribution in [0.4, 0.5) is 5.82 Å². The summed E-state index contributed by atoms with van der Waals surface area (Å²) in [5, 5.41) is 39.5. The summed E-state index contributed by atoms with van der Waals surface area (Å²) in [7, 11) is 0. The van der Waals surface area contributed by atoms with E-state index in [9.17, 15) is 15.6 Å². The smallest absolute Gasteiger partial charge is 0.226 e. The molecule has 2 aromatic heterocycles. The van der Waals surface area contributed by atoms with Gasteiger partial charge in [0.2, 0.25) is 5.89 Å². The quantitative estimate of drug-likeness (QED) is 0.239. The van der Waals surface area contributed by atoms with Gasteiger partial charge in [0, 0.05) is 21.9 Å². The molecule has 0 aliphatic heterocycles. The van der Waals surface area contributed by atoms with Crippen LogP contribution in [0, 0.1) is 29.6 Å². The van der Waals surface area contributed by atoms with Gasteiger partial charge in [0.1, 0.15) is 34.3 Å². The van der Waals surface area contributed by atoms with E-state index < -0.39 is 6.10 Å². The van der Waals surface area contributed by atoms with Crippen molar-refractivity contribution in [1.29, 1.82) is 10.5 Å². The Morgan fingerprint density at radius 1 is 1.03 bits per heavy atom. The van der Waals surface area contributed by atoms with E-state index in [-0.39, 0.29) is 23.6 Å². The molecule has 4 aromatic rings.